The quantitative estimate of drug-likeness (QED) is 0.596. The van der Waals surface area contributed by atoms with Crippen molar-refractivity contribution in [2.75, 3.05) is 31.9 Å². The smallest absolute Gasteiger partial charge is 0.307 e. The average molecular weight is 442 g/mol. The van der Waals surface area contributed by atoms with Gasteiger partial charge in [-0.1, -0.05) is 11.6 Å². The number of anilines is 1. The zero-order valence-electron chi connectivity index (χ0n) is 15.8. The minimum atomic E-state index is -3.66. The van der Waals surface area contributed by atoms with Gasteiger partial charge in [0.2, 0.25) is 0 Å². The molecule has 0 saturated carbocycles. The van der Waals surface area contributed by atoms with Crippen molar-refractivity contribution < 1.29 is 32.2 Å². The molecule has 8 nitrogen and oxygen atoms in total. The number of hydrogen-bond donors (Lipinski definition) is 1. The van der Waals surface area contributed by atoms with Gasteiger partial charge in [0.1, 0.15) is 11.5 Å². The molecule has 1 amide bonds. The fraction of sp³-hybridized carbons (Fsp3) is 0.263. The third-order valence-corrected chi connectivity index (χ3v) is 5.78. The molecule has 0 heterocycles. The van der Waals surface area contributed by atoms with E-state index in [1.54, 1.807) is 18.2 Å². The van der Waals surface area contributed by atoms with Crippen LogP contribution in [-0.2, 0) is 24.2 Å². The lowest BCUT2D eigenvalue weighted by molar-refractivity contribution is -0.146. The number of benzene rings is 2. The van der Waals surface area contributed by atoms with Crippen LogP contribution in [0.25, 0.3) is 0 Å². The number of hydrogen-bond acceptors (Lipinski definition) is 7. The first-order chi connectivity index (χ1) is 13.7. The van der Waals surface area contributed by atoms with Gasteiger partial charge in [-0.05, 0) is 36.4 Å². The SMILES string of the molecule is COc1ccc(NC(=O)COC(=O)CCS(=O)(=O)c2ccc(Cl)cc2)c(OC)c1. The second-order valence-electron chi connectivity index (χ2n) is 5.80. The molecule has 0 aliphatic heterocycles. The Morgan fingerprint density at radius 2 is 1.72 bits per heavy atom. The number of rotatable bonds is 9. The normalized spacial score (nSPS) is 10.9. The van der Waals surface area contributed by atoms with E-state index in [2.05, 4.69) is 5.32 Å². The molecule has 0 aliphatic carbocycles. The van der Waals surface area contributed by atoms with E-state index in [9.17, 15) is 18.0 Å². The number of carbonyl (C=O) groups excluding carboxylic acids is 2. The second-order valence-corrected chi connectivity index (χ2v) is 8.34. The highest BCUT2D eigenvalue weighted by Crippen LogP contribution is 2.28. The van der Waals surface area contributed by atoms with Crippen LogP contribution in [0.3, 0.4) is 0 Å². The second kappa shape index (κ2) is 10.1. The van der Waals surface area contributed by atoms with Gasteiger partial charge in [-0.15, -0.1) is 0 Å². The lowest BCUT2D eigenvalue weighted by Crippen LogP contribution is -2.22. The number of amides is 1. The highest BCUT2D eigenvalue weighted by Gasteiger charge is 2.18. The third kappa shape index (κ3) is 6.65. The summed E-state index contributed by atoms with van der Waals surface area (Å²) < 4.78 is 39.5. The number of halogens is 1. The fourth-order valence-electron chi connectivity index (χ4n) is 2.28. The Hall–Kier alpha value is -2.78. The zero-order chi connectivity index (χ0) is 21.4. The van der Waals surface area contributed by atoms with Gasteiger partial charge in [-0.25, -0.2) is 8.42 Å². The first-order valence-corrected chi connectivity index (χ1v) is 10.4. The molecule has 1 N–H and O–H groups in total. The molecular formula is C19H20ClNO7S. The number of methoxy groups -OCH3 is 2. The van der Waals surface area contributed by atoms with Crippen LogP contribution >= 0.6 is 11.6 Å². The van der Waals surface area contributed by atoms with E-state index in [0.717, 1.165) is 0 Å². The Morgan fingerprint density at radius 1 is 1.03 bits per heavy atom. The van der Waals surface area contributed by atoms with Crippen LogP contribution in [0.2, 0.25) is 5.02 Å². The van der Waals surface area contributed by atoms with E-state index in [4.69, 9.17) is 25.8 Å². The Morgan fingerprint density at radius 3 is 2.34 bits per heavy atom. The summed E-state index contributed by atoms with van der Waals surface area (Å²) in [6.07, 6.45) is -0.385. The molecule has 0 aromatic heterocycles. The van der Waals surface area contributed by atoms with Gasteiger partial charge < -0.3 is 19.5 Å². The molecule has 0 saturated heterocycles. The Balaban J connectivity index is 1.84. The van der Waals surface area contributed by atoms with Crippen molar-refractivity contribution in [3.63, 3.8) is 0 Å². The molecule has 0 bridgehead atoms. The summed E-state index contributed by atoms with van der Waals surface area (Å²) in [4.78, 5) is 23.9. The predicted octanol–water partition coefficient (Wildman–Crippen LogP) is 2.70. The predicted molar refractivity (Wildman–Crippen MR) is 107 cm³/mol. The monoisotopic (exact) mass is 441 g/mol. The van der Waals surface area contributed by atoms with Crippen LogP contribution in [0.1, 0.15) is 6.42 Å². The molecule has 0 unspecified atom stereocenters. The average Bonchev–Trinajstić information content (AvgIpc) is 2.71. The minimum Gasteiger partial charge on any atom is -0.497 e. The topological polar surface area (TPSA) is 108 Å². The summed E-state index contributed by atoms with van der Waals surface area (Å²) in [5, 5.41) is 2.95. The molecule has 10 heteroatoms. The Kier molecular flexibility index (Phi) is 7.86. The molecule has 2 rings (SSSR count). The van der Waals surface area contributed by atoms with Crippen LogP contribution in [0.5, 0.6) is 11.5 Å². The summed E-state index contributed by atoms with van der Waals surface area (Å²) in [6.45, 7) is -0.561. The molecule has 0 spiro atoms. The van der Waals surface area contributed by atoms with Gasteiger partial charge in [0, 0.05) is 11.1 Å². The largest absolute Gasteiger partial charge is 0.497 e. The molecule has 0 fully saturated rings. The number of sulfone groups is 1. The van der Waals surface area contributed by atoms with Crippen molar-refractivity contribution in [2.45, 2.75) is 11.3 Å². The van der Waals surface area contributed by atoms with Gasteiger partial charge in [0.05, 0.1) is 37.0 Å². The van der Waals surface area contributed by atoms with Gasteiger partial charge in [0.15, 0.2) is 16.4 Å². The van der Waals surface area contributed by atoms with Crippen LogP contribution in [0.15, 0.2) is 47.4 Å². The number of nitrogens with one attached hydrogen (secondary N) is 1. The Labute approximate surface area is 173 Å². The Bertz CT molecular complexity index is 975. The molecule has 156 valence electrons. The molecule has 2 aromatic rings. The van der Waals surface area contributed by atoms with Crippen molar-refractivity contribution in [1.29, 1.82) is 0 Å². The molecular weight excluding hydrogens is 422 g/mol. The van der Waals surface area contributed by atoms with Crippen molar-refractivity contribution in [3.8, 4) is 11.5 Å². The third-order valence-electron chi connectivity index (χ3n) is 3.79. The summed E-state index contributed by atoms with van der Waals surface area (Å²) in [6, 6.07) is 10.4. The molecule has 0 aliphatic rings. The fourth-order valence-corrected chi connectivity index (χ4v) is 3.63. The van der Waals surface area contributed by atoms with Gasteiger partial charge in [0.25, 0.3) is 5.91 Å². The van der Waals surface area contributed by atoms with Crippen LogP contribution in [-0.4, -0.2) is 46.9 Å². The lowest BCUT2D eigenvalue weighted by Gasteiger charge is -2.12. The van der Waals surface area contributed by atoms with Crippen molar-refractivity contribution in [1.82, 2.24) is 0 Å². The van der Waals surface area contributed by atoms with Crippen LogP contribution < -0.4 is 14.8 Å². The van der Waals surface area contributed by atoms with E-state index in [-0.39, 0.29) is 11.3 Å². The van der Waals surface area contributed by atoms with Gasteiger partial charge in [-0.3, -0.25) is 9.59 Å². The maximum atomic E-state index is 12.2. The molecule has 2 aromatic carbocycles. The van der Waals surface area contributed by atoms with Gasteiger partial charge in [-0.2, -0.15) is 0 Å². The number of carbonyl (C=O) groups is 2. The summed E-state index contributed by atoms with van der Waals surface area (Å²) in [5.74, 6) is -0.922. The maximum absolute atomic E-state index is 12.2. The van der Waals surface area contributed by atoms with Crippen LogP contribution in [0.4, 0.5) is 5.69 Å². The van der Waals surface area contributed by atoms with Crippen LogP contribution in [0, 0.1) is 0 Å². The summed E-state index contributed by atoms with van der Waals surface area (Å²) >= 11 is 5.73. The first kappa shape index (κ1) is 22.5. The highest BCUT2D eigenvalue weighted by atomic mass is 35.5. The lowest BCUT2D eigenvalue weighted by atomic mass is 10.2. The number of ether oxygens (including phenoxy) is 3. The van der Waals surface area contributed by atoms with E-state index in [1.165, 1.54) is 38.5 Å². The van der Waals surface area contributed by atoms with E-state index in [0.29, 0.717) is 22.2 Å². The summed E-state index contributed by atoms with van der Waals surface area (Å²) in [7, 11) is -0.728. The summed E-state index contributed by atoms with van der Waals surface area (Å²) in [5.41, 5.74) is 0.375. The van der Waals surface area contributed by atoms with Crippen molar-refractivity contribution >= 4 is 39.0 Å². The first-order valence-electron chi connectivity index (χ1n) is 8.41. The molecule has 29 heavy (non-hydrogen) atoms. The zero-order valence-corrected chi connectivity index (χ0v) is 17.4. The van der Waals surface area contributed by atoms with Crippen molar-refractivity contribution in [2.24, 2.45) is 0 Å². The molecule has 0 radical (unpaired) electrons. The molecule has 0 atom stereocenters. The minimum absolute atomic E-state index is 0.0547. The van der Waals surface area contributed by atoms with E-state index >= 15 is 0 Å². The highest BCUT2D eigenvalue weighted by molar-refractivity contribution is 7.91. The van der Waals surface area contributed by atoms with E-state index < -0.39 is 34.1 Å². The standard InChI is InChI=1S/C19H20ClNO7S/c1-26-14-5-8-16(17(11-14)27-2)21-18(22)12-28-19(23)9-10-29(24,25)15-6-3-13(20)4-7-15/h3-8,11H,9-10,12H2,1-2H3,(H,21,22). The van der Waals surface area contributed by atoms with E-state index in [1.807, 2.05) is 0 Å². The van der Waals surface area contributed by atoms with Crippen molar-refractivity contribution in [3.05, 3.63) is 47.5 Å². The number of esters is 1. The maximum Gasteiger partial charge on any atom is 0.307 e. The van der Waals surface area contributed by atoms with Gasteiger partial charge >= 0.3 is 5.97 Å².